The van der Waals surface area contributed by atoms with Crippen molar-refractivity contribution in [3.05, 3.63) is 29.8 Å². The standard InChI is InChI=1S/C13H19ClO2S/c1-12-7-6-8-13(11-12)17(15,16)10-5-3-2-4-9-14/h6-8,11H,2-5,9-10H2,1H3. The number of hydrogen-bond donors (Lipinski definition) is 0. The molecule has 1 aromatic carbocycles. The topological polar surface area (TPSA) is 34.1 Å². The highest BCUT2D eigenvalue weighted by Gasteiger charge is 2.13. The Hall–Kier alpha value is -0.540. The Morgan fingerprint density at radius 3 is 2.47 bits per heavy atom. The lowest BCUT2D eigenvalue weighted by atomic mass is 10.2. The monoisotopic (exact) mass is 274 g/mol. The Labute approximate surface area is 109 Å². The van der Waals surface area contributed by atoms with Crippen molar-refractivity contribution in [1.82, 2.24) is 0 Å². The van der Waals surface area contributed by atoms with Crippen LogP contribution in [0.1, 0.15) is 31.2 Å². The lowest BCUT2D eigenvalue weighted by Crippen LogP contribution is -2.07. The van der Waals surface area contributed by atoms with Crippen LogP contribution in [0.3, 0.4) is 0 Å². The summed E-state index contributed by atoms with van der Waals surface area (Å²) < 4.78 is 24.0. The second-order valence-electron chi connectivity index (χ2n) is 4.24. The third-order valence-corrected chi connectivity index (χ3v) is 4.71. The molecule has 0 unspecified atom stereocenters. The highest BCUT2D eigenvalue weighted by molar-refractivity contribution is 7.91. The van der Waals surface area contributed by atoms with E-state index in [2.05, 4.69) is 0 Å². The number of benzene rings is 1. The van der Waals surface area contributed by atoms with E-state index >= 15 is 0 Å². The number of hydrogen-bond acceptors (Lipinski definition) is 2. The zero-order valence-electron chi connectivity index (χ0n) is 10.2. The van der Waals surface area contributed by atoms with Crippen molar-refractivity contribution in [2.45, 2.75) is 37.5 Å². The molecule has 0 fully saturated rings. The van der Waals surface area contributed by atoms with Gasteiger partial charge in [0.2, 0.25) is 0 Å². The highest BCUT2D eigenvalue weighted by atomic mass is 35.5. The van der Waals surface area contributed by atoms with Crippen molar-refractivity contribution < 1.29 is 8.42 Å². The van der Waals surface area contributed by atoms with Crippen LogP contribution in [0.25, 0.3) is 0 Å². The zero-order valence-corrected chi connectivity index (χ0v) is 11.7. The van der Waals surface area contributed by atoms with Gasteiger partial charge in [-0.1, -0.05) is 25.0 Å². The van der Waals surface area contributed by atoms with Gasteiger partial charge < -0.3 is 0 Å². The summed E-state index contributed by atoms with van der Waals surface area (Å²) in [7, 11) is -3.10. The molecule has 4 heteroatoms. The Morgan fingerprint density at radius 1 is 1.12 bits per heavy atom. The van der Waals surface area contributed by atoms with E-state index in [0.29, 0.717) is 17.2 Å². The van der Waals surface area contributed by atoms with E-state index in [1.54, 1.807) is 18.2 Å². The maximum absolute atomic E-state index is 12.0. The molecule has 0 radical (unpaired) electrons. The van der Waals surface area contributed by atoms with Crippen LogP contribution in [0, 0.1) is 6.92 Å². The normalized spacial score (nSPS) is 11.6. The van der Waals surface area contributed by atoms with Crippen molar-refractivity contribution in [3.8, 4) is 0 Å². The van der Waals surface area contributed by atoms with Gasteiger partial charge in [-0.15, -0.1) is 11.6 Å². The van der Waals surface area contributed by atoms with Gasteiger partial charge in [0.25, 0.3) is 0 Å². The molecule has 1 aromatic rings. The molecule has 17 heavy (non-hydrogen) atoms. The molecule has 0 amide bonds. The first-order valence-corrected chi connectivity index (χ1v) is 8.10. The van der Waals surface area contributed by atoms with Gasteiger partial charge in [-0.05, 0) is 37.5 Å². The first-order valence-electron chi connectivity index (χ1n) is 5.91. The quantitative estimate of drug-likeness (QED) is 0.563. The Morgan fingerprint density at radius 2 is 1.82 bits per heavy atom. The van der Waals surface area contributed by atoms with Crippen molar-refractivity contribution >= 4 is 21.4 Å². The molecule has 0 aliphatic heterocycles. The molecule has 0 bridgehead atoms. The smallest absolute Gasteiger partial charge is 0.178 e. The van der Waals surface area contributed by atoms with Crippen molar-refractivity contribution in [2.24, 2.45) is 0 Å². The summed E-state index contributed by atoms with van der Waals surface area (Å²) in [6.07, 6.45) is 3.61. The second-order valence-corrected chi connectivity index (χ2v) is 6.73. The number of alkyl halides is 1. The van der Waals surface area contributed by atoms with Crippen LogP contribution in [-0.4, -0.2) is 20.1 Å². The van der Waals surface area contributed by atoms with Gasteiger partial charge in [-0.2, -0.15) is 0 Å². The van der Waals surface area contributed by atoms with Crippen LogP contribution in [0.4, 0.5) is 0 Å². The van der Waals surface area contributed by atoms with Crippen molar-refractivity contribution in [3.63, 3.8) is 0 Å². The summed E-state index contributed by atoms with van der Waals surface area (Å²) in [6.45, 7) is 1.90. The van der Waals surface area contributed by atoms with E-state index in [9.17, 15) is 8.42 Å². The summed E-state index contributed by atoms with van der Waals surface area (Å²) >= 11 is 5.57. The summed E-state index contributed by atoms with van der Waals surface area (Å²) in [4.78, 5) is 0.440. The number of sulfone groups is 1. The first-order chi connectivity index (χ1) is 8.06. The number of rotatable bonds is 7. The van der Waals surface area contributed by atoms with Crippen LogP contribution >= 0.6 is 11.6 Å². The van der Waals surface area contributed by atoms with E-state index in [1.807, 2.05) is 13.0 Å². The minimum Gasteiger partial charge on any atom is -0.224 e. The van der Waals surface area contributed by atoms with E-state index < -0.39 is 9.84 Å². The van der Waals surface area contributed by atoms with Crippen LogP contribution in [-0.2, 0) is 9.84 Å². The summed E-state index contributed by atoms with van der Waals surface area (Å²) in [6, 6.07) is 7.09. The lowest BCUT2D eigenvalue weighted by Gasteiger charge is -2.05. The van der Waals surface area contributed by atoms with Gasteiger partial charge in [0.1, 0.15) is 0 Å². The van der Waals surface area contributed by atoms with E-state index in [-0.39, 0.29) is 5.75 Å². The molecule has 0 spiro atoms. The largest absolute Gasteiger partial charge is 0.224 e. The van der Waals surface area contributed by atoms with Gasteiger partial charge in [-0.3, -0.25) is 0 Å². The predicted octanol–water partition coefficient (Wildman–Crippen LogP) is 3.57. The van der Waals surface area contributed by atoms with Crippen molar-refractivity contribution in [1.29, 1.82) is 0 Å². The fourth-order valence-electron chi connectivity index (χ4n) is 1.67. The van der Waals surface area contributed by atoms with Crippen LogP contribution in [0.15, 0.2) is 29.2 Å². The molecule has 1 rings (SSSR count). The fraction of sp³-hybridized carbons (Fsp3) is 0.538. The van der Waals surface area contributed by atoms with Gasteiger partial charge in [0, 0.05) is 5.88 Å². The number of unbranched alkanes of at least 4 members (excludes halogenated alkanes) is 3. The minimum atomic E-state index is -3.10. The van der Waals surface area contributed by atoms with Gasteiger partial charge in [-0.25, -0.2) is 8.42 Å². The average Bonchev–Trinajstić information content (AvgIpc) is 2.29. The van der Waals surface area contributed by atoms with Gasteiger partial charge >= 0.3 is 0 Å². The van der Waals surface area contributed by atoms with Gasteiger partial charge in [0.15, 0.2) is 9.84 Å². The molecular formula is C13H19ClO2S. The van der Waals surface area contributed by atoms with Crippen molar-refractivity contribution in [2.75, 3.05) is 11.6 Å². The van der Waals surface area contributed by atoms with Crippen LogP contribution in [0.5, 0.6) is 0 Å². The van der Waals surface area contributed by atoms with Crippen LogP contribution in [0.2, 0.25) is 0 Å². The molecule has 0 heterocycles. The van der Waals surface area contributed by atoms with E-state index in [0.717, 1.165) is 24.8 Å². The first kappa shape index (κ1) is 14.5. The number of halogens is 1. The molecule has 0 atom stereocenters. The van der Waals surface area contributed by atoms with E-state index in [4.69, 9.17) is 11.6 Å². The number of aryl methyl sites for hydroxylation is 1. The molecule has 0 aromatic heterocycles. The lowest BCUT2D eigenvalue weighted by molar-refractivity contribution is 0.589. The molecular weight excluding hydrogens is 256 g/mol. The SMILES string of the molecule is Cc1cccc(S(=O)(=O)CCCCCCCl)c1. The second kappa shape index (κ2) is 7.02. The summed E-state index contributed by atoms with van der Waals surface area (Å²) in [5, 5.41) is 0. The molecule has 96 valence electrons. The Kier molecular flexibility index (Phi) is 6.00. The minimum absolute atomic E-state index is 0.235. The Bertz CT molecular complexity index is 440. The molecule has 0 saturated heterocycles. The molecule has 0 N–H and O–H groups in total. The third-order valence-electron chi connectivity index (χ3n) is 2.65. The molecule has 2 nitrogen and oxygen atoms in total. The van der Waals surface area contributed by atoms with E-state index in [1.165, 1.54) is 0 Å². The Balaban J connectivity index is 2.51. The van der Waals surface area contributed by atoms with Gasteiger partial charge in [0.05, 0.1) is 10.6 Å². The average molecular weight is 275 g/mol. The fourth-order valence-corrected chi connectivity index (χ4v) is 3.33. The highest BCUT2D eigenvalue weighted by Crippen LogP contribution is 2.15. The predicted molar refractivity (Wildman–Crippen MR) is 72.4 cm³/mol. The van der Waals surface area contributed by atoms with Crippen LogP contribution < -0.4 is 0 Å². The maximum Gasteiger partial charge on any atom is 0.178 e. The molecule has 0 aliphatic rings. The molecule has 0 aliphatic carbocycles. The zero-order chi connectivity index (χ0) is 12.7. The summed E-state index contributed by atoms with van der Waals surface area (Å²) in [5.41, 5.74) is 0.980. The third kappa shape index (κ3) is 5.09. The summed E-state index contributed by atoms with van der Waals surface area (Å²) in [5.74, 6) is 0.892. The molecule has 0 saturated carbocycles. The maximum atomic E-state index is 12.0.